The van der Waals surface area contributed by atoms with E-state index in [1.807, 2.05) is 9.80 Å². The minimum absolute atomic E-state index is 0.137. The summed E-state index contributed by atoms with van der Waals surface area (Å²) in [5, 5.41) is 0. The second-order valence-corrected chi connectivity index (χ2v) is 6.26. The van der Waals surface area contributed by atoms with Crippen molar-refractivity contribution in [1.29, 1.82) is 0 Å². The summed E-state index contributed by atoms with van der Waals surface area (Å²) in [7, 11) is 0. The molecule has 2 atom stereocenters. The summed E-state index contributed by atoms with van der Waals surface area (Å²) < 4.78 is 5.34. The standard InChI is InChI=1S/C15H29N3O2/c1-3-18(14(19)17-7-9-20-10-8-17)15(12-16)6-4-5-13(2)11-15/h13H,3-12,16H2,1-2H3. The van der Waals surface area contributed by atoms with Crippen LogP contribution in [-0.2, 0) is 4.74 Å². The van der Waals surface area contributed by atoms with Crippen LogP contribution in [0.1, 0.15) is 39.5 Å². The van der Waals surface area contributed by atoms with Gasteiger partial charge in [-0.05, 0) is 25.7 Å². The van der Waals surface area contributed by atoms with E-state index in [4.69, 9.17) is 10.5 Å². The molecule has 1 saturated carbocycles. The Morgan fingerprint density at radius 2 is 2.15 bits per heavy atom. The van der Waals surface area contributed by atoms with Crippen molar-refractivity contribution >= 4 is 6.03 Å². The van der Waals surface area contributed by atoms with Gasteiger partial charge in [-0.3, -0.25) is 0 Å². The second-order valence-electron chi connectivity index (χ2n) is 6.26. The Morgan fingerprint density at radius 3 is 2.70 bits per heavy atom. The lowest BCUT2D eigenvalue weighted by Gasteiger charge is -2.49. The maximum atomic E-state index is 12.8. The van der Waals surface area contributed by atoms with Gasteiger partial charge in [-0.1, -0.05) is 19.8 Å². The highest BCUT2D eigenvalue weighted by Crippen LogP contribution is 2.36. The van der Waals surface area contributed by atoms with Gasteiger partial charge in [0, 0.05) is 26.2 Å². The fraction of sp³-hybridized carbons (Fsp3) is 0.933. The van der Waals surface area contributed by atoms with Crippen LogP contribution in [0.5, 0.6) is 0 Å². The monoisotopic (exact) mass is 283 g/mol. The molecule has 2 aliphatic rings. The summed E-state index contributed by atoms with van der Waals surface area (Å²) in [6, 6.07) is 0.148. The molecule has 1 aliphatic heterocycles. The van der Waals surface area contributed by atoms with E-state index in [1.54, 1.807) is 0 Å². The topological polar surface area (TPSA) is 58.8 Å². The van der Waals surface area contributed by atoms with Gasteiger partial charge >= 0.3 is 6.03 Å². The molecule has 116 valence electrons. The smallest absolute Gasteiger partial charge is 0.320 e. The molecule has 1 saturated heterocycles. The first kappa shape index (κ1) is 15.6. The van der Waals surface area contributed by atoms with Crippen LogP contribution in [0.3, 0.4) is 0 Å². The Hall–Kier alpha value is -0.810. The molecule has 5 heteroatoms. The molecule has 2 N–H and O–H groups in total. The second kappa shape index (κ2) is 6.76. The van der Waals surface area contributed by atoms with Crippen molar-refractivity contribution in [2.24, 2.45) is 11.7 Å². The number of ether oxygens (including phenoxy) is 1. The Bertz CT molecular complexity index is 331. The van der Waals surface area contributed by atoms with E-state index in [0.717, 1.165) is 19.4 Å². The first-order valence-electron chi connectivity index (χ1n) is 7.97. The quantitative estimate of drug-likeness (QED) is 0.857. The number of carbonyl (C=O) groups excluding carboxylic acids is 1. The van der Waals surface area contributed by atoms with E-state index in [-0.39, 0.29) is 11.6 Å². The highest BCUT2D eigenvalue weighted by molar-refractivity contribution is 5.75. The van der Waals surface area contributed by atoms with Gasteiger partial charge in [-0.2, -0.15) is 0 Å². The average Bonchev–Trinajstić information content (AvgIpc) is 2.48. The summed E-state index contributed by atoms with van der Waals surface area (Å²) in [5.74, 6) is 0.652. The summed E-state index contributed by atoms with van der Waals surface area (Å²) in [5.41, 5.74) is 5.97. The lowest BCUT2D eigenvalue weighted by Crippen LogP contribution is -2.62. The zero-order valence-electron chi connectivity index (χ0n) is 12.9. The van der Waals surface area contributed by atoms with Gasteiger partial charge in [0.25, 0.3) is 0 Å². The zero-order chi connectivity index (χ0) is 14.6. The van der Waals surface area contributed by atoms with Gasteiger partial charge in [0.1, 0.15) is 0 Å². The molecule has 0 bridgehead atoms. The van der Waals surface area contributed by atoms with Crippen LogP contribution < -0.4 is 5.73 Å². The number of nitrogens with zero attached hydrogens (tertiary/aromatic N) is 2. The molecule has 1 aliphatic carbocycles. The Kier molecular flexibility index (Phi) is 5.27. The number of morpholine rings is 1. The van der Waals surface area contributed by atoms with Crippen molar-refractivity contribution in [3.63, 3.8) is 0 Å². The van der Waals surface area contributed by atoms with E-state index in [2.05, 4.69) is 13.8 Å². The number of nitrogens with two attached hydrogens (primary N) is 1. The fourth-order valence-corrected chi connectivity index (χ4v) is 3.77. The molecule has 2 unspecified atom stereocenters. The first-order chi connectivity index (χ1) is 9.63. The van der Waals surface area contributed by atoms with Crippen LogP contribution in [0, 0.1) is 5.92 Å². The zero-order valence-corrected chi connectivity index (χ0v) is 12.9. The molecule has 0 spiro atoms. The van der Waals surface area contributed by atoms with E-state index in [9.17, 15) is 4.79 Å². The molecule has 0 radical (unpaired) electrons. The minimum Gasteiger partial charge on any atom is -0.378 e. The van der Waals surface area contributed by atoms with Crippen LogP contribution in [0.25, 0.3) is 0 Å². The Labute approximate surface area is 122 Å². The maximum Gasteiger partial charge on any atom is 0.320 e. The molecule has 1 heterocycles. The lowest BCUT2D eigenvalue weighted by molar-refractivity contribution is 0.0163. The van der Waals surface area contributed by atoms with Gasteiger partial charge in [0.05, 0.1) is 18.8 Å². The molecule has 2 rings (SSSR count). The molecular weight excluding hydrogens is 254 g/mol. The van der Waals surface area contributed by atoms with Gasteiger partial charge in [0.2, 0.25) is 0 Å². The third kappa shape index (κ3) is 3.09. The molecule has 0 aromatic carbocycles. The van der Waals surface area contributed by atoms with Crippen molar-refractivity contribution in [1.82, 2.24) is 9.80 Å². The van der Waals surface area contributed by atoms with Gasteiger partial charge < -0.3 is 20.3 Å². The highest BCUT2D eigenvalue weighted by atomic mass is 16.5. The largest absolute Gasteiger partial charge is 0.378 e. The Morgan fingerprint density at radius 1 is 1.45 bits per heavy atom. The van der Waals surface area contributed by atoms with Crippen LogP contribution in [0.15, 0.2) is 0 Å². The van der Waals surface area contributed by atoms with Crippen LogP contribution >= 0.6 is 0 Å². The normalized spacial score (nSPS) is 31.1. The molecule has 20 heavy (non-hydrogen) atoms. The van der Waals surface area contributed by atoms with Crippen molar-refractivity contribution in [2.45, 2.75) is 45.1 Å². The number of hydrogen-bond donors (Lipinski definition) is 1. The molecule has 0 aromatic rings. The predicted octanol–water partition coefficient (Wildman–Crippen LogP) is 1.67. The number of hydrogen-bond acceptors (Lipinski definition) is 3. The van der Waals surface area contributed by atoms with E-state index in [1.165, 1.54) is 12.8 Å². The molecule has 0 aromatic heterocycles. The summed E-state index contributed by atoms with van der Waals surface area (Å²) in [4.78, 5) is 16.8. The SMILES string of the molecule is CCN(C(=O)N1CCOCC1)C1(CN)CCCC(C)C1. The van der Waals surface area contributed by atoms with Gasteiger partial charge in [0.15, 0.2) is 0 Å². The van der Waals surface area contributed by atoms with E-state index >= 15 is 0 Å². The van der Waals surface area contributed by atoms with Crippen molar-refractivity contribution in [2.75, 3.05) is 39.4 Å². The average molecular weight is 283 g/mol. The third-order valence-corrected chi connectivity index (χ3v) is 4.85. The maximum absolute atomic E-state index is 12.8. The molecule has 2 fully saturated rings. The van der Waals surface area contributed by atoms with Crippen LogP contribution in [-0.4, -0.2) is 60.8 Å². The van der Waals surface area contributed by atoms with Crippen molar-refractivity contribution < 1.29 is 9.53 Å². The first-order valence-corrected chi connectivity index (χ1v) is 7.97. The summed E-state index contributed by atoms with van der Waals surface area (Å²) in [6.45, 7) is 8.34. The minimum atomic E-state index is -0.137. The van der Waals surface area contributed by atoms with Crippen molar-refractivity contribution in [3.8, 4) is 0 Å². The summed E-state index contributed by atoms with van der Waals surface area (Å²) in [6.07, 6.45) is 4.50. The Balaban J connectivity index is 2.13. The fourth-order valence-electron chi connectivity index (χ4n) is 3.77. The predicted molar refractivity (Wildman–Crippen MR) is 79.6 cm³/mol. The molecule has 2 amide bonds. The number of rotatable bonds is 3. The van der Waals surface area contributed by atoms with E-state index < -0.39 is 0 Å². The number of carbonyl (C=O) groups is 1. The number of likely N-dealkylation sites (N-methyl/N-ethyl adjacent to an activating group) is 1. The highest BCUT2D eigenvalue weighted by Gasteiger charge is 2.42. The third-order valence-electron chi connectivity index (χ3n) is 4.85. The molecule has 5 nitrogen and oxygen atoms in total. The molecular formula is C15H29N3O2. The van der Waals surface area contributed by atoms with Crippen LogP contribution in [0.4, 0.5) is 4.79 Å². The number of urea groups is 1. The van der Waals surface area contributed by atoms with Gasteiger partial charge in [-0.15, -0.1) is 0 Å². The lowest BCUT2D eigenvalue weighted by atomic mass is 9.75. The number of amides is 2. The van der Waals surface area contributed by atoms with Gasteiger partial charge in [-0.25, -0.2) is 4.79 Å². The summed E-state index contributed by atoms with van der Waals surface area (Å²) >= 11 is 0. The van der Waals surface area contributed by atoms with Crippen LogP contribution in [0.2, 0.25) is 0 Å². The van der Waals surface area contributed by atoms with E-state index in [0.29, 0.717) is 38.8 Å². The van der Waals surface area contributed by atoms with Crippen molar-refractivity contribution in [3.05, 3.63) is 0 Å².